The molecule has 2 aromatic carbocycles. The monoisotopic (exact) mass is 442 g/mol. The molecule has 0 atom stereocenters. The van der Waals surface area contributed by atoms with Crippen molar-refractivity contribution in [1.82, 2.24) is 9.55 Å². The number of aromatic nitrogens is 2. The molecular formula is C26H22N2O5. The van der Waals surface area contributed by atoms with Crippen molar-refractivity contribution in [2.24, 2.45) is 0 Å². The molecule has 0 aliphatic carbocycles. The lowest BCUT2D eigenvalue weighted by Gasteiger charge is -2.13. The number of methoxy groups -OCH3 is 3. The Bertz CT molecular complexity index is 1330. The summed E-state index contributed by atoms with van der Waals surface area (Å²) >= 11 is 0. The number of para-hydroxylation sites is 1. The maximum Gasteiger partial charge on any atom is 0.262 e. The Kier molecular flexibility index (Phi) is 6.22. The summed E-state index contributed by atoms with van der Waals surface area (Å²) in [7, 11) is 4.50. The molecule has 2 aromatic heterocycles. The van der Waals surface area contributed by atoms with Gasteiger partial charge < -0.3 is 14.2 Å². The van der Waals surface area contributed by atoms with Crippen LogP contribution in [-0.2, 0) is 0 Å². The first kappa shape index (κ1) is 21.8. The van der Waals surface area contributed by atoms with Crippen molar-refractivity contribution in [3.8, 4) is 17.2 Å². The van der Waals surface area contributed by atoms with Crippen LogP contribution >= 0.6 is 0 Å². The Morgan fingerprint density at radius 1 is 0.879 bits per heavy atom. The van der Waals surface area contributed by atoms with E-state index in [1.54, 1.807) is 53.5 Å². The molecule has 0 radical (unpaired) electrons. The highest BCUT2D eigenvalue weighted by Gasteiger charge is 2.17. The van der Waals surface area contributed by atoms with E-state index < -0.39 is 0 Å². The van der Waals surface area contributed by atoms with Crippen molar-refractivity contribution < 1.29 is 23.8 Å². The van der Waals surface area contributed by atoms with Crippen molar-refractivity contribution in [2.75, 3.05) is 21.3 Å². The van der Waals surface area contributed by atoms with Crippen LogP contribution in [0.25, 0.3) is 17.0 Å². The second-order valence-electron chi connectivity index (χ2n) is 7.12. The minimum atomic E-state index is -0.244. The first-order chi connectivity index (χ1) is 16.1. The largest absolute Gasteiger partial charge is 0.493 e. The number of nitrogens with zero attached hydrogens (tertiary/aromatic N) is 2. The molecule has 0 aliphatic rings. The van der Waals surface area contributed by atoms with Crippen LogP contribution < -0.4 is 14.2 Å². The summed E-state index contributed by atoms with van der Waals surface area (Å²) in [6.07, 6.45) is 8.05. The number of fused-ring (bicyclic) bond motifs is 1. The molecule has 0 N–H and O–H groups in total. The fourth-order valence-corrected chi connectivity index (χ4v) is 3.63. The van der Waals surface area contributed by atoms with Crippen LogP contribution in [0.15, 0.2) is 73.2 Å². The smallest absolute Gasteiger partial charge is 0.262 e. The summed E-state index contributed by atoms with van der Waals surface area (Å²) in [5.74, 6) is 0.787. The van der Waals surface area contributed by atoms with Crippen LogP contribution in [0.4, 0.5) is 0 Å². The van der Waals surface area contributed by atoms with Gasteiger partial charge in [0.15, 0.2) is 17.3 Å². The lowest BCUT2D eigenvalue weighted by molar-refractivity contribution is 0.0964. The summed E-state index contributed by atoms with van der Waals surface area (Å²) in [4.78, 5) is 29.9. The fourth-order valence-electron chi connectivity index (χ4n) is 3.63. The lowest BCUT2D eigenvalue weighted by Crippen LogP contribution is -2.10. The molecule has 166 valence electrons. The van der Waals surface area contributed by atoms with E-state index in [2.05, 4.69) is 4.98 Å². The maximum atomic E-state index is 13.0. The highest BCUT2D eigenvalue weighted by Crippen LogP contribution is 2.38. The molecule has 7 heteroatoms. The lowest BCUT2D eigenvalue weighted by atomic mass is 10.1. The minimum absolute atomic E-state index is 0.177. The SMILES string of the molecule is COc1cc(C(=O)C=Cc2cn(C(=O)c3ccncc3)c3ccccc23)cc(OC)c1OC. The number of hydrogen-bond donors (Lipinski definition) is 0. The van der Waals surface area contributed by atoms with E-state index in [-0.39, 0.29) is 11.7 Å². The Hall–Kier alpha value is -4.39. The van der Waals surface area contributed by atoms with E-state index in [1.807, 2.05) is 24.3 Å². The summed E-state index contributed by atoms with van der Waals surface area (Å²) in [6.45, 7) is 0. The van der Waals surface area contributed by atoms with Gasteiger partial charge in [-0.05, 0) is 42.5 Å². The molecule has 7 nitrogen and oxygen atoms in total. The number of carbonyl (C=O) groups is 2. The van der Waals surface area contributed by atoms with Crippen molar-refractivity contribution in [3.63, 3.8) is 0 Å². The predicted molar refractivity (Wildman–Crippen MR) is 125 cm³/mol. The number of carbonyl (C=O) groups excluding carboxylic acids is 2. The molecule has 0 fully saturated rings. The number of ketones is 1. The molecular weight excluding hydrogens is 420 g/mol. The van der Waals surface area contributed by atoms with E-state index in [1.165, 1.54) is 27.4 Å². The highest BCUT2D eigenvalue weighted by atomic mass is 16.5. The van der Waals surface area contributed by atoms with Gasteiger partial charge in [0, 0.05) is 40.7 Å². The van der Waals surface area contributed by atoms with Crippen molar-refractivity contribution in [3.05, 3.63) is 89.9 Å². The summed E-state index contributed by atoms with van der Waals surface area (Å²) in [6, 6.07) is 14.1. The van der Waals surface area contributed by atoms with Crippen LogP contribution in [0, 0.1) is 0 Å². The zero-order chi connectivity index (χ0) is 23.4. The molecule has 2 heterocycles. The van der Waals surface area contributed by atoms with Crippen molar-refractivity contribution >= 4 is 28.7 Å². The van der Waals surface area contributed by atoms with E-state index in [0.29, 0.717) is 28.4 Å². The number of hydrogen-bond acceptors (Lipinski definition) is 6. The molecule has 4 aromatic rings. The van der Waals surface area contributed by atoms with Gasteiger partial charge in [0.05, 0.1) is 26.8 Å². The number of benzene rings is 2. The molecule has 0 aliphatic heterocycles. The Labute approximate surface area is 190 Å². The van der Waals surface area contributed by atoms with Gasteiger partial charge in [-0.2, -0.15) is 0 Å². The Balaban J connectivity index is 1.71. The first-order valence-corrected chi connectivity index (χ1v) is 10.1. The number of ether oxygens (including phenoxy) is 3. The van der Waals surface area contributed by atoms with Crippen LogP contribution in [0.2, 0.25) is 0 Å². The standard InChI is InChI=1S/C26H22N2O5/c1-31-23-14-19(15-24(32-2)25(23)33-3)22(29)9-8-18-16-28(21-7-5-4-6-20(18)21)26(30)17-10-12-27-13-11-17/h4-16H,1-3H3. The maximum absolute atomic E-state index is 13.0. The van der Waals surface area contributed by atoms with Gasteiger partial charge in [-0.25, -0.2) is 0 Å². The number of pyridine rings is 1. The Morgan fingerprint density at radius 3 is 2.18 bits per heavy atom. The second kappa shape index (κ2) is 9.40. The average Bonchev–Trinajstić information content (AvgIpc) is 3.25. The van der Waals surface area contributed by atoms with Gasteiger partial charge in [-0.1, -0.05) is 18.2 Å². The van der Waals surface area contributed by atoms with E-state index in [4.69, 9.17) is 14.2 Å². The topological polar surface area (TPSA) is 79.7 Å². The van der Waals surface area contributed by atoms with Crippen LogP contribution in [0.1, 0.15) is 26.3 Å². The van der Waals surface area contributed by atoms with Gasteiger partial charge >= 0.3 is 0 Å². The van der Waals surface area contributed by atoms with Gasteiger partial charge in [0.25, 0.3) is 5.91 Å². The van der Waals surface area contributed by atoms with Crippen LogP contribution in [-0.4, -0.2) is 42.6 Å². The van der Waals surface area contributed by atoms with Crippen molar-refractivity contribution in [1.29, 1.82) is 0 Å². The quantitative estimate of drug-likeness (QED) is 0.306. The zero-order valence-corrected chi connectivity index (χ0v) is 18.4. The van der Waals surface area contributed by atoms with Gasteiger partial charge in [-0.15, -0.1) is 0 Å². The molecule has 4 rings (SSSR count). The third kappa shape index (κ3) is 4.21. The average molecular weight is 442 g/mol. The zero-order valence-electron chi connectivity index (χ0n) is 18.4. The predicted octanol–water partition coefficient (Wildman–Crippen LogP) is 4.65. The van der Waals surface area contributed by atoms with Gasteiger partial charge in [0.1, 0.15) is 0 Å². The van der Waals surface area contributed by atoms with Gasteiger partial charge in [0.2, 0.25) is 5.75 Å². The molecule has 0 bridgehead atoms. The molecule has 0 saturated carbocycles. The minimum Gasteiger partial charge on any atom is -0.493 e. The third-order valence-electron chi connectivity index (χ3n) is 5.25. The van der Waals surface area contributed by atoms with Crippen molar-refractivity contribution in [2.45, 2.75) is 0 Å². The molecule has 0 saturated heterocycles. The molecule has 0 spiro atoms. The van der Waals surface area contributed by atoms with Crippen LogP contribution in [0.3, 0.4) is 0 Å². The Morgan fingerprint density at radius 2 is 1.55 bits per heavy atom. The summed E-state index contributed by atoms with van der Waals surface area (Å²) < 4.78 is 17.6. The van der Waals surface area contributed by atoms with E-state index in [9.17, 15) is 9.59 Å². The summed E-state index contributed by atoms with van der Waals surface area (Å²) in [5.41, 5.74) is 2.40. The van der Waals surface area contributed by atoms with E-state index >= 15 is 0 Å². The molecule has 0 unspecified atom stereocenters. The highest BCUT2D eigenvalue weighted by molar-refractivity contribution is 6.09. The number of rotatable bonds is 7. The molecule has 0 amide bonds. The number of allylic oxidation sites excluding steroid dienone is 1. The third-order valence-corrected chi connectivity index (χ3v) is 5.25. The van der Waals surface area contributed by atoms with Crippen LogP contribution in [0.5, 0.6) is 17.2 Å². The second-order valence-corrected chi connectivity index (χ2v) is 7.12. The normalized spacial score (nSPS) is 11.0. The summed E-state index contributed by atoms with van der Waals surface area (Å²) in [5, 5.41) is 0.855. The fraction of sp³-hybridized carbons (Fsp3) is 0.115. The first-order valence-electron chi connectivity index (χ1n) is 10.1. The van der Waals surface area contributed by atoms with E-state index in [0.717, 1.165) is 16.5 Å². The van der Waals surface area contributed by atoms with Gasteiger partial charge in [-0.3, -0.25) is 19.1 Å². The molecule has 33 heavy (non-hydrogen) atoms.